The Balaban J connectivity index is 2.11. The molecule has 0 heterocycles. The number of halogens is 3. The highest BCUT2D eigenvalue weighted by molar-refractivity contribution is 5.84. The summed E-state index contributed by atoms with van der Waals surface area (Å²) in [5.41, 5.74) is 4.26. The van der Waals surface area contributed by atoms with Crippen LogP contribution in [0, 0.1) is 5.92 Å². The molecule has 110 valence electrons. The third-order valence-corrected chi connectivity index (χ3v) is 4.52. The fraction of sp³-hybridized carbons (Fsp3) is 0.923. The topological polar surface area (TPSA) is 55.1 Å². The summed E-state index contributed by atoms with van der Waals surface area (Å²) in [7, 11) is 0. The molecule has 0 radical (unpaired) electrons. The maximum atomic E-state index is 12.9. The number of nitrogens with one attached hydrogen (secondary N) is 1. The van der Waals surface area contributed by atoms with Crippen LogP contribution in [-0.4, -0.2) is 23.7 Å². The fourth-order valence-electron chi connectivity index (χ4n) is 3.44. The molecular weight excluding hydrogens is 257 g/mol. The third-order valence-electron chi connectivity index (χ3n) is 4.52. The lowest BCUT2D eigenvalue weighted by atomic mass is 9.74. The van der Waals surface area contributed by atoms with Gasteiger partial charge in [0.25, 0.3) is 0 Å². The van der Waals surface area contributed by atoms with E-state index in [2.05, 4.69) is 5.32 Å². The van der Waals surface area contributed by atoms with Gasteiger partial charge in [-0.1, -0.05) is 19.3 Å². The molecule has 2 aliphatic carbocycles. The van der Waals surface area contributed by atoms with Gasteiger partial charge in [-0.05, 0) is 32.1 Å². The van der Waals surface area contributed by atoms with Crippen molar-refractivity contribution in [3.05, 3.63) is 0 Å². The maximum absolute atomic E-state index is 12.9. The summed E-state index contributed by atoms with van der Waals surface area (Å²) in [6, 6.07) is 0.138. The van der Waals surface area contributed by atoms with Crippen LogP contribution in [0.1, 0.15) is 51.4 Å². The summed E-state index contributed by atoms with van der Waals surface area (Å²) in [6.07, 6.45) is 0.450. The molecule has 3 N–H and O–H groups in total. The lowest BCUT2D eigenvalue weighted by molar-refractivity contribution is -0.189. The summed E-state index contributed by atoms with van der Waals surface area (Å²) < 4.78 is 38.6. The minimum Gasteiger partial charge on any atom is -0.368 e. The minimum atomic E-state index is -4.24. The first-order valence-electron chi connectivity index (χ1n) is 6.98. The average Bonchev–Trinajstić information content (AvgIpc) is 2.80. The van der Waals surface area contributed by atoms with E-state index in [0.717, 1.165) is 25.7 Å². The molecule has 2 saturated carbocycles. The van der Waals surface area contributed by atoms with Gasteiger partial charge in [-0.25, -0.2) is 0 Å². The average molecular weight is 278 g/mol. The van der Waals surface area contributed by atoms with Crippen LogP contribution in [-0.2, 0) is 4.79 Å². The Labute approximate surface area is 111 Å². The largest absolute Gasteiger partial charge is 0.391 e. The van der Waals surface area contributed by atoms with Crippen molar-refractivity contribution < 1.29 is 18.0 Å². The Morgan fingerprint density at radius 3 is 2.32 bits per heavy atom. The summed E-state index contributed by atoms with van der Waals surface area (Å²) in [4.78, 5) is 11.7. The molecule has 19 heavy (non-hydrogen) atoms. The first kappa shape index (κ1) is 14.6. The Bertz CT molecular complexity index is 339. The number of carbonyl (C=O) groups is 1. The van der Waals surface area contributed by atoms with Crippen molar-refractivity contribution in [2.75, 3.05) is 0 Å². The lowest BCUT2D eigenvalue weighted by Gasteiger charge is -2.41. The van der Waals surface area contributed by atoms with Crippen LogP contribution in [0.4, 0.5) is 13.2 Å². The third kappa shape index (κ3) is 3.22. The zero-order valence-corrected chi connectivity index (χ0v) is 10.9. The predicted octanol–water partition coefficient (Wildman–Crippen LogP) is 2.50. The number of alkyl halides is 3. The van der Waals surface area contributed by atoms with Crippen molar-refractivity contribution in [3.63, 3.8) is 0 Å². The molecular formula is C13H21F3N2O. The molecule has 2 aliphatic rings. The predicted molar refractivity (Wildman–Crippen MR) is 65.3 cm³/mol. The summed E-state index contributed by atoms with van der Waals surface area (Å²) in [5, 5.41) is 3.16. The Kier molecular flexibility index (Phi) is 4.08. The number of carbonyl (C=O) groups excluding carboxylic acids is 1. The highest BCUT2D eigenvalue weighted by Gasteiger charge is 2.50. The van der Waals surface area contributed by atoms with Crippen LogP contribution >= 0.6 is 0 Å². The van der Waals surface area contributed by atoms with Gasteiger partial charge < -0.3 is 11.1 Å². The zero-order chi connectivity index (χ0) is 14.1. The molecule has 2 rings (SSSR count). The van der Waals surface area contributed by atoms with E-state index in [0.29, 0.717) is 12.8 Å². The molecule has 0 aromatic rings. The Hall–Kier alpha value is -0.780. The molecule has 6 heteroatoms. The van der Waals surface area contributed by atoms with E-state index in [4.69, 9.17) is 5.73 Å². The summed E-state index contributed by atoms with van der Waals surface area (Å²) in [6.45, 7) is 0. The van der Waals surface area contributed by atoms with E-state index in [-0.39, 0.29) is 18.9 Å². The fourth-order valence-corrected chi connectivity index (χ4v) is 3.44. The summed E-state index contributed by atoms with van der Waals surface area (Å²) in [5.74, 6) is -2.05. The van der Waals surface area contributed by atoms with E-state index in [1.54, 1.807) is 0 Å². The quantitative estimate of drug-likeness (QED) is 0.833. The van der Waals surface area contributed by atoms with Crippen LogP contribution in [0.3, 0.4) is 0 Å². The normalized spacial score (nSPS) is 33.5. The number of amides is 1. The molecule has 0 bridgehead atoms. The standard InChI is InChI=1S/C13H21F3N2O/c14-13(15,16)9-4-3-7-12(8-9,11(17)19)18-10-5-1-2-6-10/h9-10,18H,1-8H2,(H2,17,19). The van der Waals surface area contributed by atoms with Crippen molar-refractivity contribution in [3.8, 4) is 0 Å². The van der Waals surface area contributed by atoms with E-state index in [9.17, 15) is 18.0 Å². The van der Waals surface area contributed by atoms with Crippen molar-refractivity contribution in [2.24, 2.45) is 11.7 Å². The van der Waals surface area contributed by atoms with E-state index >= 15 is 0 Å². The van der Waals surface area contributed by atoms with Gasteiger partial charge in [0.2, 0.25) is 5.91 Å². The monoisotopic (exact) mass is 278 g/mol. The summed E-state index contributed by atoms with van der Waals surface area (Å²) >= 11 is 0. The number of hydrogen-bond acceptors (Lipinski definition) is 2. The molecule has 2 unspecified atom stereocenters. The number of primary amides is 1. The highest BCUT2D eigenvalue weighted by Crippen LogP contribution is 2.42. The molecule has 0 aliphatic heterocycles. The molecule has 0 spiro atoms. The van der Waals surface area contributed by atoms with Crippen LogP contribution in [0.15, 0.2) is 0 Å². The first-order valence-corrected chi connectivity index (χ1v) is 6.98. The van der Waals surface area contributed by atoms with Crippen molar-refractivity contribution >= 4 is 5.91 Å². The van der Waals surface area contributed by atoms with Crippen LogP contribution < -0.4 is 11.1 Å². The number of rotatable bonds is 3. The van der Waals surface area contributed by atoms with E-state index in [1.165, 1.54) is 0 Å². The van der Waals surface area contributed by atoms with Crippen LogP contribution in [0.5, 0.6) is 0 Å². The second-order valence-electron chi connectivity index (χ2n) is 5.91. The maximum Gasteiger partial charge on any atom is 0.391 e. The van der Waals surface area contributed by atoms with E-state index in [1.807, 2.05) is 0 Å². The smallest absolute Gasteiger partial charge is 0.368 e. The van der Waals surface area contributed by atoms with Crippen LogP contribution in [0.25, 0.3) is 0 Å². The molecule has 0 saturated heterocycles. The molecule has 0 aromatic carbocycles. The minimum absolute atomic E-state index is 0.102. The molecule has 2 fully saturated rings. The van der Waals surface area contributed by atoms with Gasteiger partial charge in [-0.15, -0.1) is 0 Å². The second-order valence-corrected chi connectivity index (χ2v) is 5.91. The molecule has 2 atom stereocenters. The van der Waals surface area contributed by atoms with Gasteiger partial charge in [0.05, 0.1) is 11.5 Å². The van der Waals surface area contributed by atoms with Gasteiger partial charge in [0.15, 0.2) is 0 Å². The van der Waals surface area contributed by atoms with Crippen LogP contribution in [0.2, 0.25) is 0 Å². The highest BCUT2D eigenvalue weighted by atomic mass is 19.4. The second kappa shape index (κ2) is 5.31. The van der Waals surface area contributed by atoms with Gasteiger partial charge >= 0.3 is 6.18 Å². The Morgan fingerprint density at radius 1 is 1.16 bits per heavy atom. The Morgan fingerprint density at radius 2 is 1.79 bits per heavy atom. The zero-order valence-electron chi connectivity index (χ0n) is 10.9. The first-order chi connectivity index (χ1) is 8.83. The van der Waals surface area contributed by atoms with Crippen molar-refractivity contribution in [1.29, 1.82) is 0 Å². The van der Waals surface area contributed by atoms with Gasteiger partial charge in [0.1, 0.15) is 0 Å². The van der Waals surface area contributed by atoms with Crippen molar-refractivity contribution in [1.82, 2.24) is 5.32 Å². The molecule has 3 nitrogen and oxygen atoms in total. The number of nitrogens with two attached hydrogens (primary N) is 1. The molecule has 1 amide bonds. The van der Waals surface area contributed by atoms with Gasteiger partial charge in [0, 0.05) is 6.04 Å². The van der Waals surface area contributed by atoms with Crippen molar-refractivity contribution in [2.45, 2.75) is 69.1 Å². The molecule has 0 aromatic heterocycles. The SMILES string of the molecule is NC(=O)C1(NC2CCCC2)CCCC(C(F)(F)F)C1. The van der Waals surface area contributed by atoms with E-state index < -0.39 is 23.5 Å². The lowest BCUT2D eigenvalue weighted by Crippen LogP contribution is -2.61. The van der Waals surface area contributed by atoms with Gasteiger partial charge in [-0.2, -0.15) is 13.2 Å². The van der Waals surface area contributed by atoms with Gasteiger partial charge in [-0.3, -0.25) is 4.79 Å². The number of hydrogen-bond donors (Lipinski definition) is 2.